The number of hydrogen-bond donors (Lipinski definition) is 1. The first-order chi connectivity index (χ1) is 13.2. The van der Waals surface area contributed by atoms with Crippen molar-refractivity contribution in [2.24, 2.45) is 0 Å². The van der Waals surface area contributed by atoms with Crippen LogP contribution in [0.4, 0.5) is 0 Å². The van der Waals surface area contributed by atoms with Crippen molar-refractivity contribution < 1.29 is 14.2 Å². The van der Waals surface area contributed by atoms with E-state index in [1.807, 2.05) is 18.2 Å². The van der Waals surface area contributed by atoms with Gasteiger partial charge in [-0.25, -0.2) is 0 Å². The van der Waals surface area contributed by atoms with E-state index >= 15 is 0 Å². The van der Waals surface area contributed by atoms with E-state index in [1.54, 1.807) is 14.2 Å². The lowest BCUT2D eigenvalue weighted by Gasteiger charge is -2.23. The van der Waals surface area contributed by atoms with Crippen molar-refractivity contribution in [2.75, 3.05) is 27.4 Å². The fraction of sp³-hybridized carbons (Fsp3) is 0.478. The first kappa shape index (κ1) is 19.7. The SMILES string of the molecule is COc1cc([C@@H](C)NCCOCc2ccccc2)c(C)c(OC)c1C1CC1. The van der Waals surface area contributed by atoms with Crippen molar-refractivity contribution >= 4 is 0 Å². The molecule has 0 amide bonds. The Hall–Kier alpha value is -2.04. The van der Waals surface area contributed by atoms with Crippen LogP contribution in [-0.4, -0.2) is 27.4 Å². The van der Waals surface area contributed by atoms with Crippen LogP contribution < -0.4 is 14.8 Å². The maximum atomic E-state index is 5.77. The minimum Gasteiger partial charge on any atom is -0.496 e. The van der Waals surface area contributed by atoms with E-state index < -0.39 is 0 Å². The molecule has 0 saturated heterocycles. The molecule has 1 fully saturated rings. The van der Waals surface area contributed by atoms with Crippen LogP contribution in [0.1, 0.15) is 54.0 Å². The van der Waals surface area contributed by atoms with Gasteiger partial charge in [0.2, 0.25) is 0 Å². The van der Waals surface area contributed by atoms with Gasteiger partial charge in [-0.3, -0.25) is 0 Å². The Morgan fingerprint density at radius 3 is 2.48 bits per heavy atom. The summed E-state index contributed by atoms with van der Waals surface area (Å²) < 4.78 is 17.2. The molecule has 4 heteroatoms. The lowest BCUT2D eigenvalue weighted by molar-refractivity contribution is 0.121. The third kappa shape index (κ3) is 4.82. The van der Waals surface area contributed by atoms with Crippen molar-refractivity contribution in [2.45, 2.75) is 45.3 Å². The van der Waals surface area contributed by atoms with E-state index in [2.05, 4.69) is 37.4 Å². The predicted octanol–water partition coefficient (Wildman–Crippen LogP) is 4.76. The van der Waals surface area contributed by atoms with Crippen LogP contribution in [0.2, 0.25) is 0 Å². The zero-order valence-corrected chi connectivity index (χ0v) is 16.9. The predicted molar refractivity (Wildman–Crippen MR) is 109 cm³/mol. The van der Waals surface area contributed by atoms with Gasteiger partial charge >= 0.3 is 0 Å². The Kier molecular flexibility index (Phi) is 6.75. The second-order valence-corrected chi connectivity index (χ2v) is 7.23. The summed E-state index contributed by atoms with van der Waals surface area (Å²) in [6.07, 6.45) is 2.44. The number of hydrogen-bond acceptors (Lipinski definition) is 4. The molecule has 0 aliphatic heterocycles. The molecule has 2 aromatic carbocycles. The minimum absolute atomic E-state index is 0.196. The molecule has 0 spiro atoms. The highest BCUT2D eigenvalue weighted by atomic mass is 16.5. The Balaban J connectivity index is 1.59. The molecule has 146 valence electrons. The molecule has 1 aliphatic rings. The minimum atomic E-state index is 0.196. The van der Waals surface area contributed by atoms with Crippen LogP contribution in [0.3, 0.4) is 0 Å². The molecular weight excluding hydrogens is 338 g/mol. The second-order valence-electron chi connectivity index (χ2n) is 7.23. The molecule has 4 nitrogen and oxygen atoms in total. The number of benzene rings is 2. The molecule has 1 saturated carbocycles. The van der Waals surface area contributed by atoms with Gasteiger partial charge < -0.3 is 19.5 Å². The van der Waals surface area contributed by atoms with Crippen LogP contribution in [0, 0.1) is 6.92 Å². The van der Waals surface area contributed by atoms with E-state index in [0.29, 0.717) is 19.1 Å². The van der Waals surface area contributed by atoms with E-state index in [0.717, 1.165) is 18.0 Å². The lowest BCUT2D eigenvalue weighted by atomic mass is 9.95. The van der Waals surface area contributed by atoms with Crippen LogP contribution in [-0.2, 0) is 11.3 Å². The Bertz CT molecular complexity index is 741. The van der Waals surface area contributed by atoms with Gasteiger partial charge in [-0.15, -0.1) is 0 Å². The van der Waals surface area contributed by atoms with Crippen molar-refractivity contribution in [3.63, 3.8) is 0 Å². The number of nitrogens with one attached hydrogen (secondary N) is 1. The summed E-state index contributed by atoms with van der Waals surface area (Å²) in [7, 11) is 3.50. The zero-order valence-electron chi connectivity index (χ0n) is 16.9. The highest BCUT2D eigenvalue weighted by Crippen LogP contribution is 2.51. The van der Waals surface area contributed by atoms with Crippen LogP contribution in [0.15, 0.2) is 36.4 Å². The second kappa shape index (κ2) is 9.25. The monoisotopic (exact) mass is 369 g/mol. The highest BCUT2D eigenvalue weighted by molar-refractivity contribution is 5.57. The van der Waals surface area contributed by atoms with Gasteiger partial charge in [-0.05, 0) is 55.4 Å². The molecule has 1 atom stereocenters. The molecular formula is C23H31NO3. The molecule has 0 aromatic heterocycles. The average molecular weight is 370 g/mol. The summed E-state index contributed by atoms with van der Waals surface area (Å²) in [5.41, 5.74) is 4.85. The Morgan fingerprint density at radius 2 is 1.85 bits per heavy atom. The van der Waals surface area contributed by atoms with Gasteiger partial charge in [0.25, 0.3) is 0 Å². The molecule has 1 N–H and O–H groups in total. The quantitative estimate of drug-likeness (QED) is 0.613. The third-order valence-corrected chi connectivity index (χ3v) is 5.25. The molecule has 0 bridgehead atoms. The topological polar surface area (TPSA) is 39.7 Å². The van der Waals surface area contributed by atoms with Crippen molar-refractivity contribution in [1.29, 1.82) is 0 Å². The van der Waals surface area contributed by atoms with E-state index in [1.165, 1.54) is 35.1 Å². The van der Waals surface area contributed by atoms with E-state index in [4.69, 9.17) is 14.2 Å². The largest absolute Gasteiger partial charge is 0.496 e. The molecule has 27 heavy (non-hydrogen) atoms. The average Bonchev–Trinajstić information content (AvgIpc) is 3.53. The van der Waals surface area contributed by atoms with E-state index in [9.17, 15) is 0 Å². The maximum absolute atomic E-state index is 5.77. The number of ether oxygens (including phenoxy) is 3. The third-order valence-electron chi connectivity index (χ3n) is 5.25. The van der Waals surface area contributed by atoms with Crippen LogP contribution in [0.25, 0.3) is 0 Å². The summed E-state index contributed by atoms with van der Waals surface area (Å²) in [5, 5.41) is 3.56. The fourth-order valence-electron chi connectivity index (χ4n) is 3.63. The molecule has 0 heterocycles. The van der Waals surface area contributed by atoms with Crippen molar-refractivity contribution in [3.8, 4) is 11.5 Å². The lowest BCUT2D eigenvalue weighted by Crippen LogP contribution is -2.24. The summed E-state index contributed by atoms with van der Waals surface area (Å²) in [5.74, 6) is 2.52. The molecule has 0 unspecified atom stereocenters. The van der Waals surface area contributed by atoms with Crippen LogP contribution in [0.5, 0.6) is 11.5 Å². The van der Waals surface area contributed by atoms with Crippen molar-refractivity contribution in [3.05, 3.63) is 58.7 Å². The highest BCUT2D eigenvalue weighted by Gasteiger charge is 2.32. The first-order valence-corrected chi connectivity index (χ1v) is 9.76. The zero-order chi connectivity index (χ0) is 19.2. The number of methoxy groups -OCH3 is 2. The Morgan fingerprint density at radius 1 is 1.11 bits per heavy atom. The molecule has 3 rings (SSSR count). The van der Waals surface area contributed by atoms with Gasteiger partial charge in [0.15, 0.2) is 0 Å². The summed E-state index contributed by atoms with van der Waals surface area (Å²) in [6.45, 7) is 6.43. The van der Waals surface area contributed by atoms with E-state index in [-0.39, 0.29) is 6.04 Å². The molecule has 2 aromatic rings. The summed E-state index contributed by atoms with van der Waals surface area (Å²) >= 11 is 0. The maximum Gasteiger partial charge on any atom is 0.129 e. The number of rotatable bonds is 10. The first-order valence-electron chi connectivity index (χ1n) is 9.76. The van der Waals surface area contributed by atoms with Crippen molar-refractivity contribution in [1.82, 2.24) is 5.32 Å². The summed E-state index contributed by atoms with van der Waals surface area (Å²) in [6, 6.07) is 12.6. The molecule has 1 aliphatic carbocycles. The standard InChI is InChI=1S/C23H31NO3/c1-16-20(14-21(25-3)22(19-10-11-19)23(16)26-4)17(2)24-12-13-27-15-18-8-6-5-7-9-18/h5-9,14,17,19,24H,10-13,15H2,1-4H3/t17-/m1/s1. The summed E-state index contributed by atoms with van der Waals surface area (Å²) in [4.78, 5) is 0. The van der Waals surface area contributed by atoms with Gasteiger partial charge in [0.1, 0.15) is 11.5 Å². The van der Waals surface area contributed by atoms with Gasteiger partial charge in [0, 0.05) is 18.2 Å². The smallest absolute Gasteiger partial charge is 0.129 e. The van der Waals surface area contributed by atoms with Gasteiger partial charge in [-0.1, -0.05) is 30.3 Å². The van der Waals surface area contributed by atoms with Crippen LogP contribution >= 0.6 is 0 Å². The normalized spacial score (nSPS) is 14.8. The Labute approximate surface area is 162 Å². The fourth-order valence-corrected chi connectivity index (χ4v) is 3.63. The van der Waals surface area contributed by atoms with Gasteiger partial charge in [-0.2, -0.15) is 0 Å². The van der Waals surface area contributed by atoms with Gasteiger partial charge in [0.05, 0.1) is 27.4 Å². The molecule has 0 radical (unpaired) electrons.